The molecule has 1 saturated carbocycles. The van der Waals surface area contributed by atoms with Crippen molar-refractivity contribution < 1.29 is 0 Å². The van der Waals surface area contributed by atoms with E-state index in [1.807, 2.05) is 6.92 Å². The van der Waals surface area contributed by atoms with E-state index in [0.29, 0.717) is 11.2 Å². The predicted octanol–water partition coefficient (Wildman–Crippen LogP) is 3.82. The number of halogens is 1. The quantitative estimate of drug-likeness (QED) is 0.833. The van der Waals surface area contributed by atoms with Gasteiger partial charge in [-0.15, -0.1) is 0 Å². The van der Waals surface area contributed by atoms with E-state index in [-0.39, 0.29) is 0 Å². The summed E-state index contributed by atoms with van der Waals surface area (Å²) in [5.74, 6) is 2.51. The van der Waals surface area contributed by atoms with Gasteiger partial charge in [0.15, 0.2) is 0 Å². The van der Waals surface area contributed by atoms with Crippen LogP contribution in [0.25, 0.3) is 0 Å². The van der Waals surface area contributed by atoms with Crippen molar-refractivity contribution in [2.75, 3.05) is 5.32 Å². The van der Waals surface area contributed by atoms with Gasteiger partial charge in [0.05, 0.1) is 0 Å². The fourth-order valence-corrected chi connectivity index (χ4v) is 2.76. The van der Waals surface area contributed by atoms with Gasteiger partial charge in [0, 0.05) is 12.1 Å². The van der Waals surface area contributed by atoms with Crippen LogP contribution in [-0.4, -0.2) is 16.0 Å². The number of rotatable bonds is 3. The molecule has 1 heterocycles. The molecule has 0 radical (unpaired) electrons. The minimum Gasteiger partial charge on any atom is -0.367 e. The van der Waals surface area contributed by atoms with E-state index in [4.69, 9.17) is 11.6 Å². The van der Waals surface area contributed by atoms with E-state index >= 15 is 0 Å². The maximum absolute atomic E-state index is 5.92. The maximum Gasteiger partial charge on any atom is 0.134 e. The summed E-state index contributed by atoms with van der Waals surface area (Å²) in [5, 5.41) is 3.99. The standard InChI is InChI=1S/C13H20ClN3/c1-3-10-4-6-11(7-5-10)17-13-8-12(14)15-9(2)16-13/h8,10-11H,3-7H2,1-2H3,(H,15,16,17). The van der Waals surface area contributed by atoms with E-state index in [1.54, 1.807) is 6.07 Å². The van der Waals surface area contributed by atoms with Crippen LogP contribution < -0.4 is 5.32 Å². The molecule has 0 spiro atoms. The molecular formula is C13H20ClN3. The van der Waals surface area contributed by atoms with E-state index in [2.05, 4.69) is 22.2 Å². The molecule has 1 aromatic rings. The Balaban J connectivity index is 1.93. The summed E-state index contributed by atoms with van der Waals surface area (Å²) < 4.78 is 0. The Morgan fingerprint density at radius 2 is 2.00 bits per heavy atom. The van der Waals surface area contributed by atoms with Crippen LogP contribution in [0.2, 0.25) is 5.15 Å². The van der Waals surface area contributed by atoms with Crippen LogP contribution in [0.1, 0.15) is 44.9 Å². The van der Waals surface area contributed by atoms with Gasteiger partial charge in [0.25, 0.3) is 0 Å². The van der Waals surface area contributed by atoms with Crippen LogP contribution in [-0.2, 0) is 0 Å². The normalized spacial score (nSPS) is 24.6. The first-order valence-corrected chi connectivity index (χ1v) is 6.83. The molecule has 1 aliphatic carbocycles. The third kappa shape index (κ3) is 3.56. The number of anilines is 1. The fraction of sp³-hybridized carbons (Fsp3) is 0.692. The molecule has 0 amide bonds. The lowest BCUT2D eigenvalue weighted by molar-refractivity contribution is 0.330. The van der Waals surface area contributed by atoms with Gasteiger partial charge >= 0.3 is 0 Å². The van der Waals surface area contributed by atoms with Crippen molar-refractivity contribution in [2.24, 2.45) is 5.92 Å². The predicted molar refractivity (Wildman–Crippen MR) is 71.4 cm³/mol. The molecule has 17 heavy (non-hydrogen) atoms. The Morgan fingerprint density at radius 1 is 1.29 bits per heavy atom. The van der Waals surface area contributed by atoms with E-state index < -0.39 is 0 Å². The van der Waals surface area contributed by atoms with Gasteiger partial charge < -0.3 is 5.32 Å². The Labute approximate surface area is 108 Å². The fourth-order valence-electron chi connectivity index (χ4n) is 2.53. The van der Waals surface area contributed by atoms with Crippen molar-refractivity contribution in [3.8, 4) is 0 Å². The number of aryl methyl sites for hydroxylation is 1. The summed E-state index contributed by atoms with van der Waals surface area (Å²) in [7, 11) is 0. The second-order valence-corrected chi connectivity index (χ2v) is 5.28. The third-order valence-corrected chi connectivity index (χ3v) is 3.78. The van der Waals surface area contributed by atoms with Gasteiger partial charge in [-0.3, -0.25) is 0 Å². The molecule has 1 aromatic heterocycles. The summed E-state index contributed by atoms with van der Waals surface area (Å²) in [5.41, 5.74) is 0. The molecule has 1 N–H and O–H groups in total. The van der Waals surface area contributed by atoms with Crippen molar-refractivity contribution in [3.05, 3.63) is 17.0 Å². The highest BCUT2D eigenvalue weighted by molar-refractivity contribution is 6.29. The molecule has 1 fully saturated rings. The molecule has 0 aliphatic heterocycles. The van der Waals surface area contributed by atoms with Crippen LogP contribution in [0.3, 0.4) is 0 Å². The van der Waals surface area contributed by atoms with Crippen LogP contribution in [0.4, 0.5) is 5.82 Å². The molecule has 1 aliphatic rings. The van der Waals surface area contributed by atoms with Gasteiger partial charge in [0.2, 0.25) is 0 Å². The zero-order chi connectivity index (χ0) is 12.3. The highest BCUT2D eigenvalue weighted by Crippen LogP contribution is 2.28. The zero-order valence-electron chi connectivity index (χ0n) is 10.5. The van der Waals surface area contributed by atoms with Crippen molar-refractivity contribution in [3.63, 3.8) is 0 Å². The SMILES string of the molecule is CCC1CCC(Nc2cc(Cl)nc(C)n2)CC1. The number of aromatic nitrogens is 2. The number of hydrogen-bond acceptors (Lipinski definition) is 3. The molecule has 0 saturated heterocycles. The molecular weight excluding hydrogens is 234 g/mol. The lowest BCUT2D eigenvalue weighted by Gasteiger charge is -2.28. The van der Waals surface area contributed by atoms with E-state index in [0.717, 1.165) is 17.6 Å². The van der Waals surface area contributed by atoms with Crippen LogP contribution in [0.5, 0.6) is 0 Å². The van der Waals surface area contributed by atoms with Gasteiger partial charge in [-0.2, -0.15) is 0 Å². The largest absolute Gasteiger partial charge is 0.367 e. The highest BCUT2D eigenvalue weighted by Gasteiger charge is 2.20. The van der Waals surface area contributed by atoms with Crippen LogP contribution in [0, 0.1) is 12.8 Å². The van der Waals surface area contributed by atoms with Gasteiger partial charge in [0.1, 0.15) is 16.8 Å². The molecule has 0 unspecified atom stereocenters. The number of hydrogen-bond donors (Lipinski definition) is 1. The van der Waals surface area contributed by atoms with Crippen LogP contribution in [0.15, 0.2) is 6.07 Å². The first-order valence-electron chi connectivity index (χ1n) is 6.45. The molecule has 0 bridgehead atoms. The number of nitrogens with zero attached hydrogens (tertiary/aromatic N) is 2. The first-order chi connectivity index (χ1) is 8.17. The summed E-state index contributed by atoms with van der Waals surface area (Å²) in [6, 6.07) is 2.35. The van der Waals surface area contributed by atoms with E-state index in [1.165, 1.54) is 32.1 Å². The molecule has 0 aromatic carbocycles. The Bertz CT molecular complexity index is 353. The average Bonchev–Trinajstić information content (AvgIpc) is 2.28. The summed E-state index contributed by atoms with van der Waals surface area (Å²) in [6.45, 7) is 4.15. The smallest absolute Gasteiger partial charge is 0.134 e. The molecule has 2 rings (SSSR count). The first kappa shape index (κ1) is 12.6. The summed E-state index contributed by atoms with van der Waals surface area (Å²) in [4.78, 5) is 8.43. The van der Waals surface area contributed by atoms with Gasteiger partial charge in [-0.1, -0.05) is 24.9 Å². The summed E-state index contributed by atoms with van der Waals surface area (Å²) >= 11 is 5.92. The van der Waals surface area contributed by atoms with Crippen molar-refractivity contribution in [1.29, 1.82) is 0 Å². The highest BCUT2D eigenvalue weighted by atomic mass is 35.5. The Kier molecular flexibility index (Phi) is 4.21. The summed E-state index contributed by atoms with van der Waals surface area (Å²) in [6.07, 6.45) is 6.43. The minimum absolute atomic E-state index is 0.516. The average molecular weight is 254 g/mol. The monoisotopic (exact) mass is 253 g/mol. The Morgan fingerprint density at radius 3 is 2.59 bits per heavy atom. The van der Waals surface area contributed by atoms with Crippen molar-refractivity contribution in [1.82, 2.24) is 9.97 Å². The molecule has 94 valence electrons. The van der Waals surface area contributed by atoms with Crippen molar-refractivity contribution in [2.45, 2.75) is 52.0 Å². The third-order valence-electron chi connectivity index (χ3n) is 3.58. The lowest BCUT2D eigenvalue weighted by atomic mass is 9.84. The molecule has 4 heteroatoms. The lowest BCUT2D eigenvalue weighted by Crippen LogP contribution is -2.26. The maximum atomic E-state index is 5.92. The van der Waals surface area contributed by atoms with Crippen molar-refractivity contribution >= 4 is 17.4 Å². The second-order valence-electron chi connectivity index (χ2n) is 4.89. The Hall–Kier alpha value is -0.830. The molecule has 0 atom stereocenters. The zero-order valence-corrected chi connectivity index (χ0v) is 11.3. The topological polar surface area (TPSA) is 37.8 Å². The number of nitrogens with one attached hydrogen (secondary N) is 1. The van der Waals surface area contributed by atoms with Gasteiger partial charge in [-0.25, -0.2) is 9.97 Å². The van der Waals surface area contributed by atoms with Gasteiger partial charge in [-0.05, 0) is 38.5 Å². The van der Waals surface area contributed by atoms with E-state index in [9.17, 15) is 0 Å². The molecule has 3 nitrogen and oxygen atoms in total. The second kappa shape index (κ2) is 5.67. The van der Waals surface area contributed by atoms with Crippen LogP contribution >= 0.6 is 11.6 Å². The minimum atomic E-state index is 0.516.